The fourth-order valence-electron chi connectivity index (χ4n) is 2.52. The van der Waals surface area contributed by atoms with E-state index in [2.05, 4.69) is 17.4 Å². The number of anilines is 1. The number of ether oxygens (including phenoxy) is 1. The second-order valence-corrected chi connectivity index (χ2v) is 6.22. The lowest BCUT2D eigenvalue weighted by Gasteiger charge is -2.12. The molecule has 0 bridgehead atoms. The van der Waals surface area contributed by atoms with E-state index < -0.39 is 0 Å². The molecular weight excluding hydrogens is 328 g/mol. The molecule has 0 radical (unpaired) electrons. The normalized spacial score (nSPS) is 11.0. The summed E-state index contributed by atoms with van der Waals surface area (Å²) in [6, 6.07) is 13.5. The van der Waals surface area contributed by atoms with Gasteiger partial charge < -0.3 is 14.9 Å². The lowest BCUT2D eigenvalue weighted by Crippen LogP contribution is -2.18. The lowest BCUT2D eigenvalue weighted by molar-refractivity contribution is -0.120. The molecule has 0 unspecified atom stereocenters. The average molecular weight is 354 g/mol. The number of hydrogen-bond donors (Lipinski definition) is 1. The summed E-state index contributed by atoms with van der Waals surface area (Å²) in [7, 11) is 0. The molecule has 0 heterocycles. The quantitative estimate of drug-likeness (QED) is 0.567. The predicted octanol–water partition coefficient (Wildman–Crippen LogP) is 4.33. The summed E-state index contributed by atoms with van der Waals surface area (Å²) in [4.78, 5) is 17.3. The van der Waals surface area contributed by atoms with E-state index in [9.17, 15) is 4.79 Å². The molecule has 5 nitrogen and oxygen atoms in total. The van der Waals surface area contributed by atoms with Crippen molar-refractivity contribution in [3.05, 3.63) is 59.2 Å². The van der Waals surface area contributed by atoms with Crippen molar-refractivity contribution in [1.82, 2.24) is 0 Å². The van der Waals surface area contributed by atoms with E-state index in [1.54, 1.807) is 6.21 Å². The monoisotopic (exact) mass is 354 g/mol. The third-order valence-corrected chi connectivity index (χ3v) is 3.75. The fraction of sp³-hybridized carbons (Fsp3) is 0.333. The number of aryl methyl sites for hydroxylation is 2. The topological polar surface area (TPSA) is 59.9 Å². The zero-order valence-electron chi connectivity index (χ0n) is 15.8. The van der Waals surface area contributed by atoms with E-state index in [4.69, 9.17) is 9.57 Å². The number of nitrogens with one attached hydrogen (secondary N) is 1. The van der Waals surface area contributed by atoms with E-state index in [1.807, 2.05) is 63.2 Å². The summed E-state index contributed by atoms with van der Waals surface area (Å²) in [6.45, 7) is 7.80. The first-order chi connectivity index (χ1) is 12.5. The maximum atomic E-state index is 12.1. The highest BCUT2D eigenvalue weighted by Crippen LogP contribution is 2.21. The van der Waals surface area contributed by atoms with Crippen molar-refractivity contribution in [2.75, 3.05) is 11.9 Å². The van der Waals surface area contributed by atoms with E-state index in [-0.39, 0.29) is 18.6 Å². The van der Waals surface area contributed by atoms with Gasteiger partial charge in [-0.05, 0) is 50.5 Å². The number of carbonyl (C=O) groups excluding carboxylic acids is 1. The van der Waals surface area contributed by atoms with Crippen LogP contribution in [0.1, 0.15) is 37.5 Å². The molecule has 0 saturated carbocycles. The molecule has 0 fully saturated rings. The molecule has 2 rings (SSSR count). The van der Waals surface area contributed by atoms with Crippen molar-refractivity contribution in [3.8, 4) is 5.75 Å². The van der Waals surface area contributed by atoms with Gasteiger partial charge in [-0.25, -0.2) is 0 Å². The molecule has 5 heteroatoms. The molecule has 2 aromatic carbocycles. The third kappa shape index (κ3) is 5.62. The van der Waals surface area contributed by atoms with Crippen LogP contribution in [0.4, 0.5) is 5.69 Å². The Morgan fingerprint density at radius 1 is 1.19 bits per heavy atom. The van der Waals surface area contributed by atoms with Crippen LogP contribution in [0.25, 0.3) is 0 Å². The minimum absolute atomic E-state index is 0.0677. The molecule has 26 heavy (non-hydrogen) atoms. The van der Waals surface area contributed by atoms with Crippen LogP contribution in [0, 0.1) is 6.92 Å². The van der Waals surface area contributed by atoms with Gasteiger partial charge in [0.05, 0.1) is 12.3 Å². The van der Waals surface area contributed by atoms with Gasteiger partial charge in [-0.2, -0.15) is 0 Å². The van der Waals surface area contributed by atoms with Crippen molar-refractivity contribution in [2.24, 2.45) is 5.16 Å². The van der Waals surface area contributed by atoms with Crippen molar-refractivity contribution in [3.63, 3.8) is 0 Å². The zero-order chi connectivity index (χ0) is 18.9. The van der Waals surface area contributed by atoms with Gasteiger partial charge in [0.25, 0.3) is 5.91 Å². The molecule has 0 spiro atoms. The Morgan fingerprint density at radius 3 is 2.69 bits per heavy atom. The van der Waals surface area contributed by atoms with Gasteiger partial charge in [0.2, 0.25) is 0 Å². The van der Waals surface area contributed by atoms with Gasteiger partial charge in [-0.1, -0.05) is 42.4 Å². The second-order valence-electron chi connectivity index (χ2n) is 6.22. The number of benzene rings is 2. The summed E-state index contributed by atoms with van der Waals surface area (Å²) < 4.78 is 5.72. The van der Waals surface area contributed by atoms with Gasteiger partial charge >= 0.3 is 0 Å². The Bertz CT molecular complexity index is 770. The maximum absolute atomic E-state index is 12.1. The second kappa shape index (κ2) is 9.61. The molecule has 1 N–H and O–H groups in total. The van der Waals surface area contributed by atoms with Crippen LogP contribution >= 0.6 is 0 Å². The predicted molar refractivity (Wildman–Crippen MR) is 105 cm³/mol. The zero-order valence-corrected chi connectivity index (χ0v) is 15.8. The van der Waals surface area contributed by atoms with Crippen molar-refractivity contribution in [2.45, 2.75) is 40.2 Å². The highest BCUT2D eigenvalue weighted by atomic mass is 16.6. The largest absolute Gasteiger partial charge is 0.490 e. The van der Waals surface area contributed by atoms with Crippen molar-refractivity contribution < 1.29 is 14.4 Å². The minimum Gasteiger partial charge on any atom is -0.490 e. The van der Waals surface area contributed by atoms with E-state index in [1.165, 1.54) is 0 Å². The highest BCUT2D eigenvalue weighted by molar-refractivity contribution is 5.93. The van der Waals surface area contributed by atoms with Crippen LogP contribution in [0.3, 0.4) is 0 Å². The Balaban J connectivity index is 1.92. The first kappa shape index (κ1) is 19.5. The molecular formula is C21H26N2O3. The van der Waals surface area contributed by atoms with Gasteiger partial charge in [-0.15, -0.1) is 0 Å². The summed E-state index contributed by atoms with van der Waals surface area (Å²) >= 11 is 0. The SMILES string of the molecule is CCc1cccc(C)c1NC(=O)CO/N=C/c1ccccc1OC(C)C. The third-order valence-electron chi connectivity index (χ3n) is 3.75. The number of hydrogen-bond acceptors (Lipinski definition) is 4. The smallest absolute Gasteiger partial charge is 0.265 e. The molecule has 0 aliphatic heterocycles. The van der Waals surface area contributed by atoms with Gasteiger partial charge in [-0.3, -0.25) is 4.79 Å². The lowest BCUT2D eigenvalue weighted by atomic mass is 10.1. The van der Waals surface area contributed by atoms with Crippen molar-refractivity contribution >= 4 is 17.8 Å². The number of amides is 1. The van der Waals surface area contributed by atoms with Crippen LogP contribution in [0.15, 0.2) is 47.6 Å². The van der Waals surface area contributed by atoms with Gasteiger partial charge in [0.1, 0.15) is 5.75 Å². The number of nitrogens with zero attached hydrogens (tertiary/aromatic N) is 1. The van der Waals surface area contributed by atoms with Crippen LogP contribution < -0.4 is 10.1 Å². The summed E-state index contributed by atoms with van der Waals surface area (Å²) in [5, 5.41) is 6.79. The summed E-state index contributed by atoms with van der Waals surface area (Å²) in [5.41, 5.74) is 3.78. The molecule has 0 atom stereocenters. The molecule has 0 aliphatic rings. The van der Waals surface area contributed by atoms with Crippen LogP contribution in [0.5, 0.6) is 5.75 Å². The number of para-hydroxylation sites is 2. The standard InChI is InChI=1S/C21H26N2O3/c1-5-17-11-8-9-16(4)21(17)23-20(24)14-25-22-13-18-10-6-7-12-19(18)26-15(2)3/h6-13,15H,5,14H2,1-4H3,(H,23,24)/b22-13+. The summed E-state index contributed by atoms with van der Waals surface area (Å²) in [6.07, 6.45) is 2.47. The molecule has 2 aromatic rings. The summed E-state index contributed by atoms with van der Waals surface area (Å²) in [5.74, 6) is 0.490. The number of oxime groups is 1. The van der Waals surface area contributed by atoms with Crippen LogP contribution in [0.2, 0.25) is 0 Å². The Hall–Kier alpha value is -2.82. The molecule has 138 valence electrons. The molecule has 0 saturated heterocycles. The first-order valence-electron chi connectivity index (χ1n) is 8.80. The molecule has 1 amide bonds. The molecule has 0 aliphatic carbocycles. The van der Waals surface area contributed by atoms with E-state index in [0.29, 0.717) is 0 Å². The first-order valence-corrected chi connectivity index (χ1v) is 8.80. The Morgan fingerprint density at radius 2 is 1.96 bits per heavy atom. The maximum Gasteiger partial charge on any atom is 0.265 e. The van der Waals surface area contributed by atoms with E-state index >= 15 is 0 Å². The fourth-order valence-corrected chi connectivity index (χ4v) is 2.52. The minimum atomic E-state index is -0.238. The van der Waals surface area contributed by atoms with Crippen LogP contribution in [-0.2, 0) is 16.1 Å². The van der Waals surface area contributed by atoms with Crippen molar-refractivity contribution in [1.29, 1.82) is 0 Å². The molecule has 0 aromatic heterocycles. The Labute approximate surface area is 155 Å². The number of rotatable bonds is 8. The Kier molecular flexibility index (Phi) is 7.21. The van der Waals surface area contributed by atoms with Gasteiger partial charge in [0, 0.05) is 11.3 Å². The van der Waals surface area contributed by atoms with E-state index in [0.717, 1.165) is 34.5 Å². The van der Waals surface area contributed by atoms with Crippen LogP contribution in [-0.4, -0.2) is 24.8 Å². The van der Waals surface area contributed by atoms with Gasteiger partial charge in [0.15, 0.2) is 6.61 Å². The average Bonchev–Trinajstić information content (AvgIpc) is 2.61. The number of carbonyl (C=O) groups is 1. The highest BCUT2D eigenvalue weighted by Gasteiger charge is 2.09.